The number of piperidine rings is 1. The number of sulfonamides is 1. The van der Waals surface area contributed by atoms with E-state index in [0.717, 1.165) is 24.0 Å². The lowest BCUT2D eigenvalue weighted by Crippen LogP contribution is -2.40. The van der Waals surface area contributed by atoms with E-state index >= 15 is 0 Å². The SMILES string of the molecule is Cc1ccc(S(=O)(=O)N2CCCC(CCO)C2)cc1C. The van der Waals surface area contributed by atoms with Gasteiger partial charge in [-0.25, -0.2) is 8.42 Å². The highest BCUT2D eigenvalue weighted by molar-refractivity contribution is 7.89. The summed E-state index contributed by atoms with van der Waals surface area (Å²) in [4.78, 5) is 0.380. The molecule has 5 heteroatoms. The van der Waals surface area contributed by atoms with Crippen molar-refractivity contribution in [2.75, 3.05) is 19.7 Å². The fourth-order valence-electron chi connectivity index (χ4n) is 2.69. The number of aliphatic hydroxyl groups is 1. The molecule has 1 aliphatic heterocycles. The minimum atomic E-state index is -3.40. The molecule has 112 valence electrons. The highest BCUT2D eigenvalue weighted by Crippen LogP contribution is 2.26. The molecule has 1 fully saturated rings. The largest absolute Gasteiger partial charge is 0.396 e. The van der Waals surface area contributed by atoms with Crippen LogP contribution in [-0.4, -0.2) is 37.5 Å². The van der Waals surface area contributed by atoms with Gasteiger partial charge in [0, 0.05) is 19.7 Å². The lowest BCUT2D eigenvalue weighted by Gasteiger charge is -2.31. The lowest BCUT2D eigenvalue weighted by molar-refractivity contribution is 0.203. The highest BCUT2D eigenvalue weighted by Gasteiger charge is 2.30. The molecule has 4 nitrogen and oxygen atoms in total. The third-order valence-corrected chi connectivity index (χ3v) is 6.00. The first-order valence-electron chi connectivity index (χ1n) is 7.13. The third kappa shape index (κ3) is 3.22. The van der Waals surface area contributed by atoms with Gasteiger partial charge in [0.25, 0.3) is 0 Å². The maximum absolute atomic E-state index is 12.7. The van der Waals surface area contributed by atoms with Crippen molar-refractivity contribution in [3.63, 3.8) is 0 Å². The summed E-state index contributed by atoms with van der Waals surface area (Å²) in [6, 6.07) is 5.30. The summed E-state index contributed by atoms with van der Waals surface area (Å²) in [7, 11) is -3.40. The van der Waals surface area contributed by atoms with Gasteiger partial charge in [-0.3, -0.25) is 0 Å². The molecule has 0 radical (unpaired) electrons. The Balaban J connectivity index is 2.23. The number of rotatable bonds is 4. The van der Waals surface area contributed by atoms with Crippen LogP contribution < -0.4 is 0 Å². The Kier molecular flexibility index (Phi) is 4.83. The van der Waals surface area contributed by atoms with Gasteiger partial charge in [0.2, 0.25) is 10.0 Å². The van der Waals surface area contributed by atoms with E-state index in [1.165, 1.54) is 0 Å². The molecule has 1 aliphatic rings. The number of hydrogen-bond donors (Lipinski definition) is 1. The zero-order valence-electron chi connectivity index (χ0n) is 12.2. The number of hydrogen-bond acceptors (Lipinski definition) is 3. The fourth-order valence-corrected chi connectivity index (χ4v) is 4.33. The van der Waals surface area contributed by atoms with Crippen LogP contribution in [0.2, 0.25) is 0 Å². The molecule has 0 amide bonds. The van der Waals surface area contributed by atoms with Crippen molar-refractivity contribution >= 4 is 10.0 Å². The van der Waals surface area contributed by atoms with Crippen molar-refractivity contribution < 1.29 is 13.5 Å². The van der Waals surface area contributed by atoms with Gasteiger partial charge in [-0.15, -0.1) is 0 Å². The van der Waals surface area contributed by atoms with E-state index in [9.17, 15) is 8.42 Å². The summed E-state index contributed by atoms with van der Waals surface area (Å²) in [5.41, 5.74) is 2.09. The van der Waals surface area contributed by atoms with Crippen molar-refractivity contribution in [2.24, 2.45) is 5.92 Å². The van der Waals surface area contributed by atoms with Crippen LogP contribution in [0.15, 0.2) is 23.1 Å². The molecule has 0 aromatic heterocycles. The van der Waals surface area contributed by atoms with Gasteiger partial charge in [0.1, 0.15) is 0 Å². The Hall–Kier alpha value is -0.910. The van der Waals surface area contributed by atoms with Crippen molar-refractivity contribution in [3.05, 3.63) is 29.3 Å². The Bertz CT molecular complexity index is 566. The van der Waals surface area contributed by atoms with Gasteiger partial charge in [-0.2, -0.15) is 4.31 Å². The molecule has 0 bridgehead atoms. The molecule has 1 aromatic carbocycles. The molecule has 20 heavy (non-hydrogen) atoms. The molecule has 0 aliphatic carbocycles. The van der Waals surface area contributed by atoms with Crippen LogP contribution in [0.4, 0.5) is 0 Å². The normalized spacial score (nSPS) is 21.1. The van der Waals surface area contributed by atoms with Crippen molar-refractivity contribution in [2.45, 2.75) is 38.0 Å². The van der Waals surface area contributed by atoms with Gasteiger partial charge < -0.3 is 5.11 Å². The second-order valence-corrected chi connectivity index (χ2v) is 7.57. The average Bonchev–Trinajstić information content (AvgIpc) is 2.42. The van der Waals surface area contributed by atoms with Crippen LogP contribution in [0.25, 0.3) is 0 Å². The summed E-state index contributed by atoms with van der Waals surface area (Å²) in [5.74, 6) is 0.273. The quantitative estimate of drug-likeness (QED) is 0.926. The Morgan fingerprint density at radius 3 is 2.70 bits per heavy atom. The van der Waals surface area contributed by atoms with E-state index in [0.29, 0.717) is 24.4 Å². The van der Waals surface area contributed by atoms with Gasteiger partial charge in [0.15, 0.2) is 0 Å². The van der Waals surface area contributed by atoms with Crippen molar-refractivity contribution in [1.29, 1.82) is 0 Å². The maximum atomic E-state index is 12.7. The first kappa shape index (κ1) is 15.5. The Morgan fingerprint density at radius 1 is 1.30 bits per heavy atom. The van der Waals surface area contributed by atoms with Crippen molar-refractivity contribution in [1.82, 2.24) is 4.31 Å². The molecule has 1 heterocycles. The zero-order valence-corrected chi connectivity index (χ0v) is 13.0. The van der Waals surface area contributed by atoms with Crippen LogP contribution in [-0.2, 0) is 10.0 Å². The molecule has 2 rings (SSSR count). The standard InChI is InChI=1S/C15H23NO3S/c1-12-5-6-15(10-13(12)2)20(18,19)16-8-3-4-14(11-16)7-9-17/h5-6,10,14,17H,3-4,7-9,11H2,1-2H3. The second kappa shape index (κ2) is 6.24. The Morgan fingerprint density at radius 2 is 2.05 bits per heavy atom. The molecular weight excluding hydrogens is 274 g/mol. The van der Waals surface area contributed by atoms with E-state index in [1.807, 2.05) is 19.9 Å². The minimum Gasteiger partial charge on any atom is -0.396 e. The number of nitrogens with zero attached hydrogens (tertiary/aromatic N) is 1. The van der Waals surface area contributed by atoms with Crippen molar-refractivity contribution in [3.8, 4) is 0 Å². The predicted octanol–water partition coefficient (Wildman–Crippen LogP) is 2.09. The molecule has 1 atom stereocenters. The molecule has 1 saturated heterocycles. The molecule has 0 spiro atoms. The molecule has 1 aromatic rings. The number of aryl methyl sites for hydroxylation is 2. The summed E-state index contributed by atoms with van der Waals surface area (Å²) >= 11 is 0. The van der Waals surface area contributed by atoms with Gasteiger partial charge in [0.05, 0.1) is 4.90 Å². The van der Waals surface area contributed by atoms with Gasteiger partial charge in [-0.05, 0) is 62.3 Å². The Labute approximate surface area is 121 Å². The molecular formula is C15H23NO3S. The van der Waals surface area contributed by atoms with E-state index in [4.69, 9.17) is 5.11 Å². The summed E-state index contributed by atoms with van der Waals surface area (Å²) in [5, 5.41) is 9.02. The van der Waals surface area contributed by atoms with E-state index in [2.05, 4.69) is 0 Å². The van der Waals surface area contributed by atoms with E-state index in [-0.39, 0.29) is 12.5 Å². The van der Waals surface area contributed by atoms with E-state index < -0.39 is 10.0 Å². The highest BCUT2D eigenvalue weighted by atomic mass is 32.2. The first-order valence-corrected chi connectivity index (χ1v) is 8.57. The minimum absolute atomic E-state index is 0.127. The molecule has 1 unspecified atom stereocenters. The summed E-state index contributed by atoms with van der Waals surface area (Å²) in [6.45, 7) is 5.14. The molecule has 1 N–H and O–H groups in total. The number of aliphatic hydroxyl groups excluding tert-OH is 1. The van der Waals surface area contributed by atoms with E-state index in [1.54, 1.807) is 16.4 Å². The van der Waals surface area contributed by atoms with Crippen LogP contribution in [0, 0.1) is 19.8 Å². The van der Waals surface area contributed by atoms with Gasteiger partial charge >= 0.3 is 0 Å². The van der Waals surface area contributed by atoms with Crippen LogP contribution in [0.5, 0.6) is 0 Å². The lowest BCUT2D eigenvalue weighted by atomic mass is 9.97. The topological polar surface area (TPSA) is 57.6 Å². The molecule has 0 saturated carbocycles. The predicted molar refractivity (Wildman–Crippen MR) is 79.1 cm³/mol. The smallest absolute Gasteiger partial charge is 0.243 e. The van der Waals surface area contributed by atoms with Crippen LogP contribution >= 0.6 is 0 Å². The fraction of sp³-hybridized carbons (Fsp3) is 0.600. The van der Waals surface area contributed by atoms with Gasteiger partial charge in [-0.1, -0.05) is 6.07 Å². The second-order valence-electron chi connectivity index (χ2n) is 5.63. The third-order valence-electron chi connectivity index (χ3n) is 4.14. The average molecular weight is 297 g/mol. The van der Waals surface area contributed by atoms with Crippen LogP contribution in [0.3, 0.4) is 0 Å². The number of benzene rings is 1. The monoisotopic (exact) mass is 297 g/mol. The summed E-state index contributed by atoms with van der Waals surface area (Å²) in [6.07, 6.45) is 2.55. The van der Waals surface area contributed by atoms with Crippen LogP contribution in [0.1, 0.15) is 30.4 Å². The zero-order chi connectivity index (χ0) is 14.8. The maximum Gasteiger partial charge on any atom is 0.243 e. The first-order chi connectivity index (χ1) is 9.45. The summed E-state index contributed by atoms with van der Waals surface area (Å²) < 4.78 is 26.9.